The highest BCUT2D eigenvalue weighted by molar-refractivity contribution is 5.80. The average Bonchev–Trinajstić information content (AvgIpc) is 3.69. The van der Waals surface area contributed by atoms with Crippen LogP contribution in [0.15, 0.2) is 97.1 Å². The molecule has 0 bridgehead atoms. The standard InChI is InChI=1S/C41H42N2O11/c1-48-22-52-36-34(19-42-40(46)50-20-32-28-15-7-3-11-24(28)25-12-4-8-16-29(25)32)54-38(39(44)45)35(37(36)53-23-49-2)43-41(47)51-21-33-30-17-9-5-13-26(30)27-14-6-10-18-31(27)33/h3-18,32-38H,19-23H2,1-2H3,(H,42,46)(H,43,47)(H,44,45)/t34-,35-,36-,37-,38-/m1/s1. The fraction of sp³-hybridized carbons (Fsp3) is 0.341. The van der Waals surface area contributed by atoms with E-state index in [1.165, 1.54) is 14.2 Å². The summed E-state index contributed by atoms with van der Waals surface area (Å²) in [7, 11) is 2.83. The number of benzene rings is 4. The fourth-order valence-electron chi connectivity index (χ4n) is 7.78. The maximum absolute atomic E-state index is 13.4. The number of hydrogen-bond acceptors (Lipinski definition) is 10. The first-order chi connectivity index (χ1) is 26.4. The van der Waals surface area contributed by atoms with E-state index in [2.05, 4.69) is 10.6 Å². The number of rotatable bonds is 14. The van der Waals surface area contributed by atoms with E-state index < -0.39 is 48.6 Å². The summed E-state index contributed by atoms with van der Waals surface area (Å²) < 4.78 is 39.7. The summed E-state index contributed by atoms with van der Waals surface area (Å²) in [4.78, 5) is 39.2. The Morgan fingerprint density at radius 3 is 1.50 bits per heavy atom. The van der Waals surface area contributed by atoms with E-state index in [4.69, 9.17) is 33.2 Å². The number of carbonyl (C=O) groups is 3. The van der Waals surface area contributed by atoms with E-state index in [-0.39, 0.29) is 45.2 Å². The Kier molecular flexibility index (Phi) is 11.5. The number of aliphatic carboxylic acids is 1. The third-order valence-corrected chi connectivity index (χ3v) is 10.1. The molecule has 54 heavy (non-hydrogen) atoms. The van der Waals surface area contributed by atoms with Crippen LogP contribution in [0.1, 0.15) is 34.1 Å². The number of nitrogens with one attached hydrogen (secondary N) is 2. The van der Waals surface area contributed by atoms with Gasteiger partial charge in [-0.3, -0.25) is 0 Å². The van der Waals surface area contributed by atoms with Gasteiger partial charge in [-0.25, -0.2) is 14.4 Å². The van der Waals surface area contributed by atoms with Crippen LogP contribution in [0, 0.1) is 0 Å². The minimum atomic E-state index is -1.62. The van der Waals surface area contributed by atoms with Crippen molar-refractivity contribution in [1.29, 1.82) is 0 Å². The molecular weight excluding hydrogens is 696 g/mol. The Morgan fingerprint density at radius 1 is 0.630 bits per heavy atom. The molecule has 7 rings (SSSR count). The lowest BCUT2D eigenvalue weighted by molar-refractivity contribution is -0.246. The van der Waals surface area contributed by atoms with E-state index in [1.807, 2.05) is 97.1 Å². The van der Waals surface area contributed by atoms with Crippen molar-refractivity contribution in [2.24, 2.45) is 0 Å². The van der Waals surface area contributed by atoms with Gasteiger partial charge < -0.3 is 48.9 Å². The summed E-state index contributed by atoms with van der Waals surface area (Å²) in [6, 6.07) is 30.6. The molecule has 0 aromatic heterocycles. The maximum Gasteiger partial charge on any atom is 0.407 e. The van der Waals surface area contributed by atoms with Crippen molar-refractivity contribution in [3.63, 3.8) is 0 Å². The van der Waals surface area contributed by atoms with Gasteiger partial charge in [0.05, 0.1) is 6.04 Å². The molecule has 1 heterocycles. The largest absolute Gasteiger partial charge is 0.479 e. The van der Waals surface area contributed by atoms with Gasteiger partial charge in [0.2, 0.25) is 0 Å². The van der Waals surface area contributed by atoms with Crippen LogP contribution in [0.3, 0.4) is 0 Å². The Labute approximate surface area is 312 Å². The van der Waals surface area contributed by atoms with Crippen molar-refractivity contribution in [2.45, 2.75) is 42.3 Å². The zero-order chi connectivity index (χ0) is 37.6. The first-order valence-electron chi connectivity index (χ1n) is 17.7. The second-order valence-corrected chi connectivity index (χ2v) is 13.2. The summed E-state index contributed by atoms with van der Waals surface area (Å²) in [6.45, 7) is -0.611. The zero-order valence-electron chi connectivity index (χ0n) is 29.8. The minimum absolute atomic E-state index is 0.00502. The van der Waals surface area contributed by atoms with Crippen LogP contribution < -0.4 is 10.6 Å². The van der Waals surface area contributed by atoms with Crippen molar-refractivity contribution >= 4 is 18.2 Å². The van der Waals surface area contributed by atoms with Gasteiger partial charge in [0.15, 0.2) is 6.10 Å². The van der Waals surface area contributed by atoms with E-state index in [1.54, 1.807) is 0 Å². The first-order valence-corrected chi connectivity index (χ1v) is 17.7. The fourth-order valence-corrected chi connectivity index (χ4v) is 7.78. The van der Waals surface area contributed by atoms with Gasteiger partial charge in [-0.2, -0.15) is 0 Å². The molecule has 4 aromatic carbocycles. The number of amides is 2. The maximum atomic E-state index is 13.4. The molecule has 1 saturated heterocycles. The number of ether oxygens (including phenoxy) is 7. The topological polar surface area (TPSA) is 160 Å². The molecule has 4 aromatic rings. The normalized spacial score (nSPS) is 21.3. The van der Waals surface area contributed by atoms with Gasteiger partial charge in [0.25, 0.3) is 0 Å². The van der Waals surface area contributed by atoms with E-state index in [0.717, 1.165) is 44.5 Å². The summed E-state index contributed by atoms with van der Waals surface area (Å²) in [5.74, 6) is -1.74. The van der Waals surface area contributed by atoms with Crippen LogP contribution in [0.5, 0.6) is 0 Å². The molecule has 5 atom stereocenters. The summed E-state index contributed by atoms with van der Waals surface area (Å²) in [5, 5.41) is 15.7. The number of carbonyl (C=O) groups excluding carboxylic acids is 2. The number of fused-ring (bicyclic) bond motifs is 6. The van der Waals surface area contributed by atoms with Crippen molar-refractivity contribution in [1.82, 2.24) is 10.6 Å². The Bertz CT molecular complexity index is 1880. The molecule has 0 unspecified atom stereocenters. The third kappa shape index (κ3) is 7.54. The van der Waals surface area contributed by atoms with Crippen LogP contribution in [-0.2, 0) is 38.0 Å². The van der Waals surface area contributed by atoms with Gasteiger partial charge >= 0.3 is 18.2 Å². The summed E-state index contributed by atoms with van der Waals surface area (Å²) >= 11 is 0. The number of methoxy groups -OCH3 is 2. The molecular formula is C41H42N2O11. The molecule has 3 aliphatic rings. The third-order valence-electron chi connectivity index (χ3n) is 10.1. The van der Waals surface area contributed by atoms with Crippen LogP contribution >= 0.6 is 0 Å². The number of carboxylic acids is 1. The highest BCUT2D eigenvalue weighted by Crippen LogP contribution is 2.45. The van der Waals surface area contributed by atoms with Crippen molar-refractivity contribution < 1.29 is 52.6 Å². The molecule has 0 spiro atoms. The molecule has 3 N–H and O–H groups in total. The summed E-state index contributed by atoms with van der Waals surface area (Å²) in [6.07, 6.45) is -6.46. The monoisotopic (exact) mass is 738 g/mol. The van der Waals surface area contributed by atoms with Gasteiger partial charge in [-0.15, -0.1) is 0 Å². The van der Waals surface area contributed by atoms with Crippen LogP contribution in [-0.4, -0.2) is 101 Å². The lowest BCUT2D eigenvalue weighted by atomic mass is 9.92. The number of hydrogen-bond donors (Lipinski definition) is 3. The van der Waals surface area contributed by atoms with Gasteiger partial charge in [0.1, 0.15) is 45.1 Å². The lowest BCUT2D eigenvalue weighted by Gasteiger charge is -2.44. The molecule has 13 nitrogen and oxygen atoms in total. The minimum Gasteiger partial charge on any atom is -0.479 e. The van der Waals surface area contributed by atoms with Crippen LogP contribution in [0.25, 0.3) is 22.3 Å². The molecule has 1 aliphatic heterocycles. The van der Waals surface area contributed by atoms with Gasteiger partial charge in [-0.05, 0) is 44.5 Å². The predicted octanol–water partition coefficient (Wildman–Crippen LogP) is 5.26. The highest BCUT2D eigenvalue weighted by Gasteiger charge is 2.51. The SMILES string of the molecule is COCO[C@@H]1[C@@H](NC(=O)OCC2c3ccccc3-c3ccccc32)[C@H](C(=O)O)O[C@H](CNC(=O)OCC2c3ccccc3-c3ccccc32)[C@H]1OCOC. The zero-order valence-corrected chi connectivity index (χ0v) is 29.8. The molecule has 1 fully saturated rings. The van der Waals surface area contributed by atoms with Crippen molar-refractivity contribution in [3.05, 3.63) is 119 Å². The van der Waals surface area contributed by atoms with Gasteiger partial charge in [0, 0.05) is 32.6 Å². The van der Waals surface area contributed by atoms with E-state index >= 15 is 0 Å². The Morgan fingerprint density at radius 2 is 1.06 bits per heavy atom. The Hall–Kier alpha value is -5.31. The van der Waals surface area contributed by atoms with E-state index in [9.17, 15) is 19.5 Å². The molecule has 0 saturated carbocycles. The van der Waals surface area contributed by atoms with Crippen molar-refractivity contribution in [2.75, 3.05) is 47.6 Å². The van der Waals surface area contributed by atoms with Crippen LogP contribution in [0.4, 0.5) is 9.59 Å². The molecule has 282 valence electrons. The molecule has 13 heteroatoms. The second-order valence-electron chi connectivity index (χ2n) is 13.2. The van der Waals surface area contributed by atoms with Gasteiger partial charge in [-0.1, -0.05) is 97.1 Å². The van der Waals surface area contributed by atoms with Crippen LogP contribution in [0.2, 0.25) is 0 Å². The number of alkyl carbamates (subject to hydrolysis) is 2. The smallest absolute Gasteiger partial charge is 0.407 e. The Balaban J connectivity index is 1.03. The predicted molar refractivity (Wildman–Crippen MR) is 195 cm³/mol. The number of carboxylic acid groups (broad SMARTS) is 1. The molecule has 2 aliphatic carbocycles. The highest BCUT2D eigenvalue weighted by atomic mass is 16.7. The average molecular weight is 739 g/mol. The summed E-state index contributed by atoms with van der Waals surface area (Å²) in [5.41, 5.74) is 8.50. The molecule has 2 amide bonds. The van der Waals surface area contributed by atoms with Crippen molar-refractivity contribution in [3.8, 4) is 22.3 Å². The first kappa shape index (κ1) is 37.0. The quantitative estimate of drug-likeness (QED) is 0.145. The van der Waals surface area contributed by atoms with E-state index in [0.29, 0.717) is 0 Å². The molecule has 0 radical (unpaired) electrons. The lowest BCUT2D eigenvalue weighted by Crippen LogP contribution is -2.68. The second kappa shape index (κ2) is 16.8.